The van der Waals surface area contributed by atoms with Crippen LogP contribution in [0.25, 0.3) is 49.3 Å². The summed E-state index contributed by atoms with van der Waals surface area (Å²) in [5.41, 5.74) is 5.05. The third-order valence-electron chi connectivity index (χ3n) is 9.11. The highest BCUT2D eigenvalue weighted by atomic mass is 31.1. The molecule has 1 atom stereocenters. The van der Waals surface area contributed by atoms with Crippen LogP contribution in [0.15, 0.2) is 103 Å². The van der Waals surface area contributed by atoms with E-state index < -0.39 is 42.2 Å². The zero-order valence-electron chi connectivity index (χ0n) is 28.4. The lowest BCUT2D eigenvalue weighted by molar-refractivity contribution is 0.381. The van der Waals surface area contributed by atoms with Gasteiger partial charge in [-0.25, -0.2) is 22.0 Å². The summed E-state index contributed by atoms with van der Waals surface area (Å²) in [7, 11) is -1.65. The minimum absolute atomic E-state index is 0.0208. The van der Waals surface area contributed by atoms with E-state index >= 15 is 17.6 Å². The predicted molar refractivity (Wildman–Crippen MR) is 194 cm³/mol. The lowest BCUT2D eigenvalue weighted by atomic mass is 9.89. The number of halogens is 5. The van der Waals surface area contributed by atoms with Gasteiger partial charge in [0.1, 0.15) is 0 Å². The lowest BCUT2D eigenvalue weighted by Gasteiger charge is -2.25. The first-order chi connectivity index (χ1) is 23.4. The Morgan fingerprint density at radius 1 is 0.408 bits per heavy atom. The Balaban J connectivity index is 2.00. The molecule has 0 amide bonds. The maximum atomic E-state index is 16.3. The Labute approximate surface area is 286 Å². The van der Waals surface area contributed by atoms with Crippen molar-refractivity contribution in [2.24, 2.45) is 0 Å². The van der Waals surface area contributed by atoms with E-state index in [1.54, 1.807) is 0 Å². The Kier molecular flexibility index (Phi) is 9.69. The maximum Gasteiger partial charge on any atom is 0.200 e. The van der Waals surface area contributed by atoms with Gasteiger partial charge in [-0.2, -0.15) is 0 Å². The van der Waals surface area contributed by atoms with E-state index in [4.69, 9.17) is 0 Å². The first kappa shape index (κ1) is 34.4. The molecule has 49 heavy (non-hydrogen) atoms. The third-order valence-corrected chi connectivity index (χ3v) is 11.9. The van der Waals surface area contributed by atoms with Gasteiger partial charge in [-0.15, -0.1) is 0 Å². The van der Waals surface area contributed by atoms with E-state index in [2.05, 4.69) is 53.7 Å². The van der Waals surface area contributed by atoms with Crippen molar-refractivity contribution >= 4 is 7.53 Å². The first-order valence-electron chi connectivity index (χ1n) is 16.6. The van der Waals surface area contributed by atoms with Crippen LogP contribution < -0.4 is 0 Å². The van der Waals surface area contributed by atoms with Crippen LogP contribution in [-0.4, -0.2) is 0 Å². The quantitative estimate of drug-likeness (QED) is 0.0853. The second-order valence-electron chi connectivity index (χ2n) is 13.3. The van der Waals surface area contributed by atoms with E-state index in [0.717, 1.165) is 27.3 Å². The molecule has 0 spiro atoms. The molecule has 250 valence electrons. The standard InChI is InChI=1S/C43H38F5P/c1-24(2)30-22-31(25(3)4)43(32(23-30)26(5)6)49-41(28-18-12-8-13-19-28)33(27-16-10-7-11-17-27)34(42(49)29-20-14-9-15-21-29)35-36(44)38(46)40(48)39(47)37(35)45/h7-26H,1-6H3. The molecule has 0 bridgehead atoms. The molecule has 0 fully saturated rings. The van der Waals surface area contributed by atoms with Crippen LogP contribution in [0.2, 0.25) is 0 Å². The molecular formula is C43H38F5P. The number of hydrogen-bond donors (Lipinski definition) is 0. The van der Waals surface area contributed by atoms with Crippen LogP contribution in [0, 0.1) is 29.1 Å². The summed E-state index contributed by atoms with van der Waals surface area (Å²) in [5.74, 6) is -9.42. The van der Waals surface area contributed by atoms with Crippen LogP contribution in [0.4, 0.5) is 22.0 Å². The van der Waals surface area contributed by atoms with E-state index in [-0.39, 0.29) is 23.3 Å². The fraction of sp³-hybridized carbons (Fsp3) is 0.209. The van der Waals surface area contributed by atoms with Gasteiger partial charge in [-0.3, -0.25) is 0 Å². The fourth-order valence-corrected chi connectivity index (χ4v) is 10.2. The van der Waals surface area contributed by atoms with Crippen LogP contribution >= 0.6 is 7.53 Å². The second kappa shape index (κ2) is 13.8. The molecule has 0 saturated carbocycles. The molecule has 6 rings (SSSR count). The van der Waals surface area contributed by atoms with Crippen molar-refractivity contribution in [1.29, 1.82) is 0 Å². The normalized spacial score (nSPS) is 12.1. The van der Waals surface area contributed by atoms with Crippen molar-refractivity contribution in [1.82, 2.24) is 0 Å². The molecule has 0 aliphatic carbocycles. The van der Waals surface area contributed by atoms with Gasteiger partial charge in [-0.1, -0.05) is 152 Å². The SMILES string of the molecule is CC(C)c1cc(C(C)C)c(-p2c(-c3ccccc3)c(-c3ccccc3)c(-c3c(F)c(F)c(F)c(F)c3F)c2-c2ccccc2)c(C(C)C)c1. The van der Waals surface area contributed by atoms with E-state index in [0.29, 0.717) is 22.0 Å². The summed E-state index contributed by atoms with van der Waals surface area (Å²) in [6, 6.07) is 32.5. The molecule has 1 unspecified atom stereocenters. The number of hydrogen-bond acceptors (Lipinski definition) is 0. The van der Waals surface area contributed by atoms with Gasteiger partial charge in [0.25, 0.3) is 0 Å². The molecule has 0 radical (unpaired) electrons. The maximum absolute atomic E-state index is 16.3. The molecule has 0 nitrogen and oxygen atoms in total. The average molecular weight is 681 g/mol. The van der Waals surface area contributed by atoms with E-state index in [1.807, 2.05) is 91.0 Å². The largest absolute Gasteiger partial charge is 0.203 e. The Morgan fingerprint density at radius 2 is 0.776 bits per heavy atom. The van der Waals surface area contributed by atoms with Crippen LogP contribution in [0.3, 0.4) is 0 Å². The molecule has 0 aliphatic heterocycles. The Hall–Kier alpha value is -4.47. The lowest BCUT2D eigenvalue weighted by Crippen LogP contribution is -2.05. The highest BCUT2D eigenvalue weighted by molar-refractivity contribution is 7.64. The summed E-state index contributed by atoms with van der Waals surface area (Å²) in [6.45, 7) is 12.9. The van der Waals surface area contributed by atoms with Crippen molar-refractivity contribution in [2.75, 3.05) is 0 Å². The molecule has 1 heterocycles. The summed E-state index contributed by atoms with van der Waals surface area (Å²) in [4.78, 5) is 0. The monoisotopic (exact) mass is 680 g/mol. The molecule has 0 aliphatic rings. The van der Waals surface area contributed by atoms with Crippen molar-refractivity contribution in [2.45, 2.75) is 59.3 Å². The van der Waals surface area contributed by atoms with Gasteiger partial charge in [-0.05, 0) is 51.1 Å². The van der Waals surface area contributed by atoms with Gasteiger partial charge in [0, 0.05) is 27.0 Å². The smallest absolute Gasteiger partial charge is 0.200 e. The minimum Gasteiger partial charge on any atom is -0.203 e. The van der Waals surface area contributed by atoms with Gasteiger partial charge in [0.15, 0.2) is 23.3 Å². The van der Waals surface area contributed by atoms with E-state index in [9.17, 15) is 4.39 Å². The Morgan fingerprint density at radius 3 is 1.16 bits per heavy atom. The molecular weight excluding hydrogens is 642 g/mol. The van der Waals surface area contributed by atoms with Gasteiger partial charge in [0.2, 0.25) is 5.82 Å². The van der Waals surface area contributed by atoms with E-state index in [1.165, 1.54) is 5.56 Å². The topological polar surface area (TPSA) is 0 Å². The van der Waals surface area contributed by atoms with Gasteiger partial charge < -0.3 is 0 Å². The van der Waals surface area contributed by atoms with Gasteiger partial charge in [0.05, 0.1) is 5.56 Å². The zero-order chi connectivity index (χ0) is 35.1. The molecule has 0 saturated heterocycles. The Bertz CT molecular complexity index is 2070. The van der Waals surface area contributed by atoms with Gasteiger partial charge >= 0.3 is 0 Å². The fourth-order valence-electron chi connectivity index (χ4n) is 6.66. The molecule has 1 aromatic heterocycles. The molecule has 5 aromatic carbocycles. The number of benzene rings is 5. The van der Waals surface area contributed by atoms with Crippen molar-refractivity contribution in [3.63, 3.8) is 0 Å². The summed E-state index contributed by atoms with van der Waals surface area (Å²) >= 11 is 0. The van der Waals surface area contributed by atoms with Crippen molar-refractivity contribution in [3.05, 3.63) is 149 Å². The predicted octanol–water partition coefficient (Wildman–Crippen LogP) is 14.4. The first-order valence-corrected chi connectivity index (χ1v) is 17.9. The molecule has 0 N–H and O–H groups in total. The molecule has 6 heteroatoms. The average Bonchev–Trinajstić information content (AvgIpc) is 3.45. The summed E-state index contributed by atoms with van der Waals surface area (Å²) < 4.78 is 77.6. The summed E-state index contributed by atoms with van der Waals surface area (Å²) in [6.07, 6.45) is 0. The minimum atomic E-state index is -2.18. The van der Waals surface area contributed by atoms with Crippen molar-refractivity contribution in [3.8, 4) is 49.3 Å². The molecule has 6 aromatic rings. The second-order valence-corrected chi connectivity index (χ2v) is 15.4. The third kappa shape index (κ3) is 6.04. The van der Waals surface area contributed by atoms with Crippen LogP contribution in [-0.2, 0) is 0 Å². The van der Waals surface area contributed by atoms with Crippen LogP contribution in [0.5, 0.6) is 0 Å². The highest BCUT2D eigenvalue weighted by Gasteiger charge is 2.36. The zero-order valence-corrected chi connectivity index (χ0v) is 29.3. The number of rotatable bonds is 8. The highest BCUT2D eigenvalue weighted by Crippen LogP contribution is 2.68. The van der Waals surface area contributed by atoms with Crippen LogP contribution in [0.1, 0.15) is 76.0 Å². The van der Waals surface area contributed by atoms with Crippen molar-refractivity contribution < 1.29 is 22.0 Å². The summed E-state index contributed by atoms with van der Waals surface area (Å²) in [5, 5.41) is 2.41.